The number of ether oxygens (including phenoxy) is 3. The third kappa shape index (κ3) is 8.65. The summed E-state index contributed by atoms with van der Waals surface area (Å²) < 4.78 is 16.2. The van der Waals surface area contributed by atoms with Crippen molar-refractivity contribution < 1.29 is 14.2 Å². The molecule has 0 amide bonds. The lowest BCUT2D eigenvalue weighted by Crippen LogP contribution is -2.37. The van der Waals surface area contributed by atoms with Crippen LogP contribution in [0, 0.1) is 0 Å². The van der Waals surface area contributed by atoms with Crippen LogP contribution in [-0.4, -0.2) is 87.3 Å². The molecular formula is C17H33N7O3. The SMILES string of the molecule is CCCCNc1nc(NCCOCCOCCN)nc(N2CCOCC2)n1. The zero-order valence-electron chi connectivity index (χ0n) is 16.3. The second-order valence-corrected chi connectivity index (χ2v) is 6.10. The summed E-state index contributed by atoms with van der Waals surface area (Å²) >= 11 is 0. The van der Waals surface area contributed by atoms with Crippen LogP contribution in [0.5, 0.6) is 0 Å². The fraction of sp³-hybridized carbons (Fsp3) is 0.824. The monoisotopic (exact) mass is 383 g/mol. The molecule has 0 aliphatic carbocycles. The van der Waals surface area contributed by atoms with Gasteiger partial charge in [-0.2, -0.15) is 15.0 Å². The van der Waals surface area contributed by atoms with Crippen LogP contribution in [0.4, 0.5) is 17.8 Å². The highest BCUT2D eigenvalue weighted by atomic mass is 16.5. The molecule has 2 rings (SSSR count). The van der Waals surface area contributed by atoms with Crippen molar-refractivity contribution in [2.75, 3.05) is 87.9 Å². The Morgan fingerprint density at radius 1 is 0.963 bits per heavy atom. The average Bonchev–Trinajstić information content (AvgIpc) is 2.71. The van der Waals surface area contributed by atoms with E-state index in [0.717, 1.165) is 32.5 Å². The van der Waals surface area contributed by atoms with Gasteiger partial charge in [0, 0.05) is 32.7 Å². The van der Waals surface area contributed by atoms with Crippen molar-refractivity contribution in [1.82, 2.24) is 15.0 Å². The molecule has 0 saturated carbocycles. The highest BCUT2D eigenvalue weighted by Gasteiger charge is 2.16. The zero-order chi connectivity index (χ0) is 19.2. The molecular weight excluding hydrogens is 350 g/mol. The van der Waals surface area contributed by atoms with Crippen LogP contribution in [0.25, 0.3) is 0 Å². The number of hydrogen-bond donors (Lipinski definition) is 3. The second-order valence-electron chi connectivity index (χ2n) is 6.10. The standard InChI is InChI=1S/C17H33N7O3/c1-2-3-5-19-15-21-16(20-6-10-26-14-13-25-9-4-18)23-17(22-15)24-7-11-27-12-8-24/h2-14,18H2,1H3,(H2,19,20,21,22,23). The van der Waals surface area contributed by atoms with Gasteiger partial charge in [-0.05, 0) is 6.42 Å². The molecule has 2 heterocycles. The molecule has 1 aliphatic rings. The Bertz CT molecular complexity index is 515. The highest BCUT2D eigenvalue weighted by Crippen LogP contribution is 2.15. The summed E-state index contributed by atoms with van der Waals surface area (Å²) in [6.07, 6.45) is 2.19. The van der Waals surface area contributed by atoms with E-state index in [2.05, 4.69) is 37.4 Å². The van der Waals surface area contributed by atoms with Crippen LogP contribution in [-0.2, 0) is 14.2 Å². The van der Waals surface area contributed by atoms with Crippen LogP contribution in [0.3, 0.4) is 0 Å². The molecule has 1 fully saturated rings. The molecule has 10 heteroatoms. The van der Waals surface area contributed by atoms with Crippen LogP contribution in [0.1, 0.15) is 19.8 Å². The first-order valence-corrected chi connectivity index (χ1v) is 9.75. The Morgan fingerprint density at radius 3 is 2.30 bits per heavy atom. The summed E-state index contributed by atoms with van der Waals surface area (Å²) in [5.41, 5.74) is 5.36. The Kier molecular flexibility index (Phi) is 10.7. The molecule has 27 heavy (non-hydrogen) atoms. The topological polar surface area (TPSA) is 120 Å². The Balaban J connectivity index is 1.84. The number of morpholine rings is 1. The van der Waals surface area contributed by atoms with E-state index in [9.17, 15) is 0 Å². The minimum Gasteiger partial charge on any atom is -0.378 e. The van der Waals surface area contributed by atoms with Crippen LogP contribution in [0.2, 0.25) is 0 Å². The lowest BCUT2D eigenvalue weighted by atomic mass is 10.3. The summed E-state index contributed by atoms with van der Waals surface area (Å²) in [5, 5.41) is 6.49. The lowest BCUT2D eigenvalue weighted by molar-refractivity contribution is 0.0547. The number of nitrogens with zero attached hydrogens (tertiary/aromatic N) is 4. The van der Waals surface area contributed by atoms with Gasteiger partial charge < -0.3 is 35.5 Å². The highest BCUT2D eigenvalue weighted by molar-refractivity contribution is 5.44. The van der Waals surface area contributed by atoms with Gasteiger partial charge in [-0.15, -0.1) is 0 Å². The molecule has 0 atom stereocenters. The van der Waals surface area contributed by atoms with Crippen molar-refractivity contribution in [1.29, 1.82) is 0 Å². The van der Waals surface area contributed by atoms with Crippen molar-refractivity contribution in [3.63, 3.8) is 0 Å². The van der Waals surface area contributed by atoms with Gasteiger partial charge in [-0.3, -0.25) is 0 Å². The largest absolute Gasteiger partial charge is 0.378 e. The third-order valence-corrected chi connectivity index (χ3v) is 3.89. The van der Waals surface area contributed by atoms with Gasteiger partial charge in [-0.25, -0.2) is 0 Å². The molecule has 4 N–H and O–H groups in total. The minimum absolute atomic E-state index is 0.529. The van der Waals surface area contributed by atoms with Gasteiger partial charge in [0.05, 0.1) is 39.6 Å². The van der Waals surface area contributed by atoms with E-state index in [1.807, 2.05) is 0 Å². The third-order valence-electron chi connectivity index (χ3n) is 3.89. The molecule has 0 aromatic carbocycles. The maximum atomic E-state index is 5.52. The number of anilines is 3. The predicted molar refractivity (Wildman–Crippen MR) is 105 cm³/mol. The van der Waals surface area contributed by atoms with Gasteiger partial charge in [0.15, 0.2) is 0 Å². The van der Waals surface area contributed by atoms with E-state index in [0.29, 0.717) is 70.6 Å². The number of hydrogen-bond acceptors (Lipinski definition) is 10. The molecule has 1 saturated heterocycles. The van der Waals surface area contributed by atoms with E-state index in [1.165, 1.54) is 0 Å². The van der Waals surface area contributed by atoms with Crippen LogP contribution >= 0.6 is 0 Å². The molecule has 0 radical (unpaired) electrons. The average molecular weight is 383 g/mol. The molecule has 1 aliphatic heterocycles. The van der Waals surface area contributed by atoms with Crippen molar-refractivity contribution in [2.45, 2.75) is 19.8 Å². The molecule has 154 valence electrons. The number of nitrogens with two attached hydrogens (primary N) is 1. The normalized spacial score (nSPS) is 14.4. The van der Waals surface area contributed by atoms with E-state index < -0.39 is 0 Å². The van der Waals surface area contributed by atoms with E-state index in [1.54, 1.807) is 0 Å². The first-order valence-electron chi connectivity index (χ1n) is 9.75. The minimum atomic E-state index is 0.529. The van der Waals surface area contributed by atoms with Crippen LogP contribution in [0.15, 0.2) is 0 Å². The van der Waals surface area contributed by atoms with E-state index in [-0.39, 0.29) is 0 Å². The second kappa shape index (κ2) is 13.4. The molecule has 0 bridgehead atoms. The summed E-state index contributed by atoms with van der Waals surface area (Å²) in [5.74, 6) is 1.82. The molecule has 10 nitrogen and oxygen atoms in total. The number of rotatable bonds is 14. The Hall–Kier alpha value is -1.75. The number of unbranched alkanes of at least 4 members (excludes halogenated alkanes) is 1. The summed E-state index contributed by atoms with van der Waals surface area (Å²) in [6.45, 7) is 9.27. The van der Waals surface area contributed by atoms with Crippen molar-refractivity contribution in [3.8, 4) is 0 Å². The van der Waals surface area contributed by atoms with Crippen LogP contribution < -0.4 is 21.3 Å². The van der Waals surface area contributed by atoms with Crippen molar-refractivity contribution >= 4 is 17.8 Å². The predicted octanol–water partition coefficient (Wildman–Crippen LogP) is 0.324. The maximum Gasteiger partial charge on any atom is 0.232 e. The first-order chi connectivity index (χ1) is 13.3. The Labute approximate surface area is 161 Å². The van der Waals surface area contributed by atoms with Crippen molar-refractivity contribution in [3.05, 3.63) is 0 Å². The fourth-order valence-electron chi connectivity index (χ4n) is 2.44. The maximum absolute atomic E-state index is 5.52. The lowest BCUT2D eigenvalue weighted by Gasteiger charge is -2.27. The van der Waals surface area contributed by atoms with Gasteiger partial charge >= 0.3 is 0 Å². The zero-order valence-corrected chi connectivity index (χ0v) is 16.3. The van der Waals surface area contributed by atoms with Crippen molar-refractivity contribution in [2.24, 2.45) is 5.73 Å². The summed E-state index contributed by atoms with van der Waals surface area (Å²) in [7, 11) is 0. The Morgan fingerprint density at radius 2 is 1.63 bits per heavy atom. The van der Waals surface area contributed by atoms with Gasteiger partial charge in [0.2, 0.25) is 17.8 Å². The first kappa shape index (κ1) is 21.5. The smallest absolute Gasteiger partial charge is 0.232 e. The van der Waals surface area contributed by atoms with E-state index >= 15 is 0 Å². The van der Waals surface area contributed by atoms with E-state index in [4.69, 9.17) is 19.9 Å². The quantitative estimate of drug-likeness (QED) is 0.387. The van der Waals surface area contributed by atoms with Gasteiger partial charge in [0.1, 0.15) is 0 Å². The number of aromatic nitrogens is 3. The molecule has 0 spiro atoms. The molecule has 0 unspecified atom stereocenters. The summed E-state index contributed by atoms with van der Waals surface area (Å²) in [4.78, 5) is 15.7. The molecule has 1 aromatic rings. The number of nitrogens with one attached hydrogen (secondary N) is 2. The molecule has 1 aromatic heterocycles. The van der Waals surface area contributed by atoms with Gasteiger partial charge in [0.25, 0.3) is 0 Å². The fourth-order valence-corrected chi connectivity index (χ4v) is 2.44. The summed E-state index contributed by atoms with van der Waals surface area (Å²) in [6, 6.07) is 0. The van der Waals surface area contributed by atoms with Gasteiger partial charge in [-0.1, -0.05) is 13.3 Å².